The molecule has 8 heteroatoms. The van der Waals surface area contributed by atoms with Crippen molar-refractivity contribution >= 4 is 45.1 Å². The van der Waals surface area contributed by atoms with Gasteiger partial charge in [-0.2, -0.15) is 0 Å². The lowest BCUT2D eigenvalue weighted by Gasteiger charge is -2.01. The summed E-state index contributed by atoms with van der Waals surface area (Å²) in [5, 5.41) is 9.13. The van der Waals surface area contributed by atoms with Crippen molar-refractivity contribution in [2.24, 2.45) is 0 Å². The van der Waals surface area contributed by atoms with Gasteiger partial charge in [0, 0.05) is 6.07 Å². The predicted molar refractivity (Wildman–Crippen MR) is 78.0 cm³/mol. The van der Waals surface area contributed by atoms with Gasteiger partial charge < -0.3 is 4.52 Å². The molecule has 0 bridgehead atoms. The molecule has 0 atom stereocenters. The molecule has 0 aliphatic rings. The summed E-state index contributed by atoms with van der Waals surface area (Å²) in [4.78, 5) is 20.2. The van der Waals surface area contributed by atoms with Crippen LogP contribution in [0.2, 0.25) is 0 Å². The van der Waals surface area contributed by atoms with Crippen LogP contribution in [-0.2, 0) is 4.79 Å². The molecule has 102 valence electrons. The van der Waals surface area contributed by atoms with Crippen LogP contribution in [0.25, 0.3) is 10.2 Å². The standard InChI is InChI=1S/C12H10N4O2S2/c1-7-4-10(18-16-7)15-9(17)5-20-12-11-8(2-3-19-11)13-6-14-12/h2-4,6H,5H2,1H3,(H,15,17). The third-order valence-electron chi connectivity index (χ3n) is 2.44. The van der Waals surface area contributed by atoms with Crippen LogP contribution in [0.5, 0.6) is 0 Å². The summed E-state index contributed by atoms with van der Waals surface area (Å²) >= 11 is 2.94. The summed E-state index contributed by atoms with van der Waals surface area (Å²) in [5.41, 5.74) is 1.63. The molecule has 0 saturated carbocycles. The van der Waals surface area contributed by atoms with Gasteiger partial charge >= 0.3 is 0 Å². The van der Waals surface area contributed by atoms with Gasteiger partial charge in [-0.3, -0.25) is 10.1 Å². The molecular weight excluding hydrogens is 296 g/mol. The van der Waals surface area contributed by atoms with Crippen molar-refractivity contribution in [2.45, 2.75) is 11.9 Å². The average Bonchev–Trinajstić information content (AvgIpc) is 3.05. The number of amides is 1. The van der Waals surface area contributed by atoms with E-state index in [9.17, 15) is 4.79 Å². The van der Waals surface area contributed by atoms with Gasteiger partial charge in [-0.25, -0.2) is 9.97 Å². The van der Waals surface area contributed by atoms with Gasteiger partial charge in [0.1, 0.15) is 11.4 Å². The summed E-state index contributed by atoms with van der Waals surface area (Å²) in [6.07, 6.45) is 1.51. The van der Waals surface area contributed by atoms with E-state index in [2.05, 4.69) is 20.4 Å². The van der Waals surface area contributed by atoms with E-state index >= 15 is 0 Å². The van der Waals surface area contributed by atoms with Gasteiger partial charge in [0.05, 0.1) is 21.7 Å². The van der Waals surface area contributed by atoms with Crippen LogP contribution in [0.1, 0.15) is 5.69 Å². The van der Waals surface area contributed by atoms with Gasteiger partial charge in [-0.15, -0.1) is 11.3 Å². The van der Waals surface area contributed by atoms with Crippen molar-refractivity contribution in [1.29, 1.82) is 0 Å². The zero-order chi connectivity index (χ0) is 13.9. The molecule has 1 N–H and O–H groups in total. The fourth-order valence-electron chi connectivity index (χ4n) is 1.60. The third kappa shape index (κ3) is 2.81. The number of nitrogens with zero attached hydrogens (tertiary/aromatic N) is 3. The molecule has 3 heterocycles. The highest BCUT2D eigenvalue weighted by molar-refractivity contribution is 8.00. The van der Waals surface area contributed by atoms with E-state index in [1.165, 1.54) is 18.1 Å². The number of carbonyl (C=O) groups excluding carboxylic acids is 1. The van der Waals surface area contributed by atoms with Gasteiger partial charge in [-0.1, -0.05) is 16.9 Å². The van der Waals surface area contributed by atoms with Crippen LogP contribution in [0.4, 0.5) is 5.88 Å². The normalized spacial score (nSPS) is 10.8. The minimum absolute atomic E-state index is 0.158. The first-order valence-electron chi connectivity index (χ1n) is 5.76. The van der Waals surface area contributed by atoms with Gasteiger partial charge in [0.2, 0.25) is 11.8 Å². The minimum Gasteiger partial charge on any atom is -0.338 e. The number of thiophene rings is 1. The first-order chi connectivity index (χ1) is 9.72. The van der Waals surface area contributed by atoms with Crippen LogP contribution in [0.3, 0.4) is 0 Å². The maximum atomic E-state index is 11.8. The highest BCUT2D eigenvalue weighted by atomic mass is 32.2. The lowest BCUT2D eigenvalue weighted by molar-refractivity contribution is -0.113. The molecule has 0 aliphatic heterocycles. The second-order valence-corrected chi connectivity index (χ2v) is 5.86. The second kappa shape index (κ2) is 5.59. The van der Waals surface area contributed by atoms with Crippen molar-refractivity contribution in [3.8, 4) is 0 Å². The van der Waals surface area contributed by atoms with Crippen LogP contribution >= 0.6 is 23.1 Å². The molecule has 6 nitrogen and oxygen atoms in total. The summed E-state index contributed by atoms with van der Waals surface area (Å²) < 4.78 is 5.93. The Balaban J connectivity index is 1.64. The number of thioether (sulfide) groups is 1. The molecule has 0 saturated heterocycles. The van der Waals surface area contributed by atoms with Crippen molar-refractivity contribution < 1.29 is 9.32 Å². The topological polar surface area (TPSA) is 80.9 Å². The van der Waals surface area contributed by atoms with E-state index in [4.69, 9.17) is 4.52 Å². The smallest absolute Gasteiger partial charge is 0.237 e. The first kappa shape index (κ1) is 13.1. The minimum atomic E-state index is -0.158. The maximum Gasteiger partial charge on any atom is 0.237 e. The largest absolute Gasteiger partial charge is 0.338 e. The van der Waals surface area contributed by atoms with E-state index in [-0.39, 0.29) is 11.7 Å². The van der Waals surface area contributed by atoms with E-state index in [1.54, 1.807) is 24.3 Å². The number of rotatable bonds is 4. The first-order valence-corrected chi connectivity index (χ1v) is 7.63. The lowest BCUT2D eigenvalue weighted by atomic mass is 10.5. The molecule has 0 fully saturated rings. The number of carbonyl (C=O) groups is 1. The molecule has 3 aromatic rings. The molecule has 1 amide bonds. The number of nitrogens with one attached hydrogen (secondary N) is 1. The summed E-state index contributed by atoms with van der Waals surface area (Å²) in [6.45, 7) is 1.79. The Morgan fingerprint density at radius 1 is 1.50 bits per heavy atom. The van der Waals surface area contributed by atoms with E-state index in [1.807, 2.05) is 11.4 Å². The van der Waals surface area contributed by atoms with E-state index in [0.717, 1.165) is 20.9 Å². The maximum absolute atomic E-state index is 11.8. The van der Waals surface area contributed by atoms with Crippen molar-refractivity contribution in [1.82, 2.24) is 15.1 Å². The summed E-state index contributed by atoms with van der Waals surface area (Å²) in [7, 11) is 0. The number of hydrogen-bond donors (Lipinski definition) is 1. The summed E-state index contributed by atoms with van der Waals surface area (Å²) in [5.74, 6) is 0.454. The number of aromatic nitrogens is 3. The Morgan fingerprint density at radius 3 is 3.20 bits per heavy atom. The van der Waals surface area contributed by atoms with Gasteiger partial charge in [0.15, 0.2) is 0 Å². The predicted octanol–water partition coefficient (Wildman–Crippen LogP) is 2.72. The Kier molecular flexibility index (Phi) is 3.66. The van der Waals surface area contributed by atoms with Crippen LogP contribution in [0.15, 0.2) is 33.4 Å². The van der Waals surface area contributed by atoms with Gasteiger partial charge in [0.25, 0.3) is 0 Å². The average molecular weight is 306 g/mol. The van der Waals surface area contributed by atoms with E-state index in [0.29, 0.717) is 5.88 Å². The Bertz CT molecular complexity index is 753. The Hall–Kier alpha value is -1.93. The molecule has 0 spiro atoms. The number of anilines is 1. The van der Waals surface area contributed by atoms with Crippen LogP contribution in [0, 0.1) is 6.92 Å². The molecule has 0 aromatic carbocycles. The SMILES string of the molecule is Cc1cc(NC(=O)CSc2ncnc3ccsc23)on1. The third-order valence-corrected chi connectivity index (χ3v) is 4.47. The van der Waals surface area contributed by atoms with Crippen molar-refractivity contribution in [3.05, 3.63) is 29.5 Å². The molecule has 20 heavy (non-hydrogen) atoms. The quantitative estimate of drug-likeness (QED) is 0.589. The van der Waals surface area contributed by atoms with E-state index < -0.39 is 0 Å². The fraction of sp³-hybridized carbons (Fsp3) is 0.167. The zero-order valence-corrected chi connectivity index (χ0v) is 12.1. The zero-order valence-electron chi connectivity index (χ0n) is 10.5. The van der Waals surface area contributed by atoms with Crippen LogP contribution in [-0.4, -0.2) is 26.8 Å². The molecule has 0 radical (unpaired) electrons. The fourth-order valence-corrected chi connectivity index (χ4v) is 3.35. The number of aryl methyl sites for hydroxylation is 1. The van der Waals surface area contributed by atoms with Crippen LogP contribution < -0.4 is 5.32 Å². The molecule has 0 aliphatic carbocycles. The molecule has 3 aromatic heterocycles. The Morgan fingerprint density at radius 2 is 2.40 bits per heavy atom. The second-order valence-electron chi connectivity index (χ2n) is 3.98. The lowest BCUT2D eigenvalue weighted by Crippen LogP contribution is -2.13. The Labute approximate surface area is 122 Å². The van der Waals surface area contributed by atoms with Gasteiger partial charge in [-0.05, 0) is 18.4 Å². The number of fused-ring (bicyclic) bond motifs is 1. The molecular formula is C12H10N4O2S2. The molecule has 0 unspecified atom stereocenters. The summed E-state index contributed by atoms with van der Waals surface area (Å²) in [6, 6.07) is 3.60. The van der Waals surface area contributed by atoms with Crippen molar-refractivity contribution in [2.75, 3.05) is 11.1 Å². The highest BCUT2D eigenvalue weighted by Gasteiger charge is 2.10. The molecule has 3 rings (SSSR count). The highest BCUT2D eigenvalue weighted by Crippen LogP contribution is 2.28. The number of hydrogen-bond acceptors (Lipinski definition) is 7. The van der Waals surface area contributed by atoms with Crippen molar-refractivity contribution in [3.63, 3.8) is 0 Å². The monoisotopic (exact) mass is 306 g/mol.